The molecule has 0 aliphatic carbocycles. The van der Waals surface area contributed by atoms with Gasteiger partial charge in [-0.1, -0.05) is 23.1 Å². The van der Waals surface area contributed by atoms with E-state index in [1.807, 2.05) is 47.9 Å². The van der Waals surface area contributed by atoms with Crippen LogP contribution in [-0.4, -0.2) is 14.5 Å². The number of rotatable bonds is 4. The molecule has 0 N–H and O–H groups in total. The largest absolute Gasteiger partial charge is 2.00 e. The standard InChI is InChI=1S/C29H17F2N3O.Pt/c1-18-5-8-26-25(13-18)24-7-6-20(15-27(24)34(26)28-16-21(30)9-11-32-28)19-3-2-4-23(14-19)35-29-17-22(31)10-12-33-29;/h2-13,16-17H,1H3;/q-2;+2. The van der Waals surface area contributed by atoms with Gasteiger partial charge in [-0.25, -0.2) is 29.9 Å². The van der Waals surface area contributed by atoms with Crippen molar-refractivity contribution in [1.29, 1.82) is 0 Å². The van der Waals surface area contributed by atoms with E-state index in [1.54, 1.807) is 6.07 Å². The van der Waals surface area contributed by atoms with Crippen LogP contribution >= 0.6 is 0 Å². The summed E-state index contributed by atoms with van der Waals surface area (Å²) in [5.41, 5.74) is 4.31. The van der Waals surface area contributed by atoms with E-state index in [2.05, 4.69) is 28.2 Å². The molecule has 3 aromatic carbocycles. The fourth-order valence-electron chi connectivity index (χ4n) is 4.19. The van der Waals surface area contributed by atoms with Gasteiger partial charge >= 0.3 is 21.1 Å². The summed E-state index contributed by atoms with van der Waals surface area (Å²) in [6, 6.07) is 27.4. The fraction of sp³-hybridized carbons (Fsp3) is 0.0345. The predicted octanol–water partition coefficient (Wildman–Crippen LogP) is 7.22. The fourth-order valence-corrected chi connectivity index (χ4v) is 4.19. The predicted molar refractivity (Wildman–Crippen MR) is 131 cm³/mol. The molecule has 7 heteroatoms. The molecule has 6 aromatic rings. The van der Waals surface area contributed by atoms with Crippen LogP contribution in [0.25, 0.3) is 38.8 Å². The molecule has 0 atom stereocenters. The quantitative estimate of drug-likeness (QED) is 0.188. The number of aromatic nitrogens is 3. The molecule has 36 heavy (non-hydrogen) atoms. The second kappa shape index (κ2) is 9.63. The van der Waals surface area contributed by atoms with Crippen molar-refractivity contribution in [3.8, 4) is 28.6 Å². The molecule has 0 aliphatic rings. The van der Waals surface area contributed by atoms with Gasteiger partial charge in [-0.3, -0.25) is 0 Å². The molecule has 0 aliphatic heterocycles. The van der Waals surface area contributed by atoms with Crippen LogP contribution in [0.4, 0.5) is 8.78 Å². The molecule has 0 saturated heterocycles. The summed E-state index contributed by atoms with van der Waals surface area (Å²) in [7, 11) is 0. The van der Waals surface area contributed by atoms with Gasteiger partial charge in [0.25, 0.3) is 0 Å². The van der Waals surface area contributed by atoms with Gasteiger partial charge in [-0.2, -0.15) is 24.3 Å². The first kappa shape index (κ1) is 23.8. The Morgan fingerprint density at radius 3 is 2.36 bits per heavy atom. The number of ether oxygens (including phenoxy) is 1. The van der Waals surface area contributed by atoms with E-state index < -0.39 is 5.82 Å². The van der Waals surface area contributed by atoms with E-state index in [0.717, 1.165) is 38.5 Å². The zero-order valence-corrected chi connectivity index (χ0v) is 21.2. The van der Waals surface area contributed by atoms with Crippen molar-refractivity contribution in [2.75, 3.05) is 0 Å². The zero-order valence-electron chi connectivity index (χ0n) is 18.9. The number of hydrogen-bond acceptors (Lipinski definition) is 3. The first-order valence-electron chi connectivity index (χ1n) is 11.0. The molecule has 4 nitrogen and oxygen atoms in total. The van der Waals surface area contributed by atoms with Crippen molar-refractivity contribution in [3.63, 3.8) is 0 Å². The third-order valence-corrected chi connectivity index (χ3v) is 5.74. The molecule has 0 fully saturated rings. The minimum absolute atomic E-state index is 0. The van der Waals surface area contributed by atoms with Gasteiger partial charge in [0, 0.05) is 35.8 Å². The van der Waals surface area contributed by atoms with Gasteiger partial charge in [-0.05, 0) is 36.0 Å². The number of aryl methyl sites for hydroxylation is 1. The second-order valence-corrected chi connectivity index (χ2v) is 8.17. The average molecular weight is 657 g/mol. The Balaban J connectivity index is 0.00000267. The number of hydrogen-bond donors (Lipinski definition) is 0. The Hall–Kier alpha value is -3.89. The van der Waals surface area contributed by atoms with Gasteiger partial charge in [-0.15, -0.1) is 18.2 Å². The molecule has 0 radical (unpaired) electrons. The minimum atomic E-state index is -0.432. The molecular formula is C29H17F2N3OPt. The Morgan fingerprint density at radius 1 is 0.778 bits per heavy atom. The topological polar surface area (TPSA) is 39.9 Å². The number of fused-ring (bicyclic) bond motifs is 3. The SMILES string of the molecule is Cc1ccc2c(c1)c1ccc(-c3[c-]c(Oc4cc(F)ccn4)ccc3)[c-]c1n2-c1cc(F)ccn1.[Pt+2]. The van der Waals surface area contributed by atoms with Crippen molar-refractivity contribution >= 4 is 21.8 Å². The van der Waals surface area contributed by atoms with E-state index in [1.165, 1.54) is 36.7 Å². The van der Waals surface area contributed by atoms with E-state index in [4.69, 9.17) is 4.74 Å². The van der Waals surface area contributed by atoms with Crippen molar-refractivity contribution in [2.24, 2.45) is 0 Å². The Morgan fingerprint density at radius 2 is 1.56 bits per heavy atom. The van der Waals surface area contributed by atoms with Gasteiger partial charge in [0.1, 0.15) is 17.5 Å². The number of pyridine rings is 2. The van der Waals surface area contributed by atoms with Crippen LogP contribution in [-0.2, 0) is 21.1 Å². The summed E-state index contributed by atoms with van der Waals surface area (Å²) in [5.74, 6) is 0.222. The Bertz CT molecular complexity index is 1730. The molecule has 3 aromatic heterocycles. The molecule has 0 spiro atoms. The molecular weight excluding hydrogens is 639 g/mol. The zero-order chi connectivity index (χ0) is 23.9. The summed E-state index contributed by atoms with van der Waals surface area (Å²) >= 11 is 0. The van der Waals surface area contributed by atoms with Crippen molar-refractivity contribution in [3.05, 3.63) is 115 Å². The summed E-state index contributed by atoms with van der Waals surface area (Å²) in [5, 5.41) is 2.02. The monoisotopic (exact) mass is 656 g/mol. The number of benzene rings is 3. The number of halogens is 2. The third kappa shape index (κ3) is 4.40. The van der Waals surface area contributed by atoms with Crippen molar-refractivity contribution in [1.82, 2.24) is 14.5 Å². The van der Waals surface area contributed by atoms with Crippen LogP contribution in [0.15, 0.2) is 85.2 Å². The molecule has 6 rings (SSSR count). The molecule has 0 bridgehead atoms. The maximum absolute atomic E-state index is 14.1. The Kier molecular flexibility index (Phi) is 6.38. The first-order valence-corrected chi connectivity index (χ1v) is 11.0. The van der Waals surface area contributed by atoms with Gasteiger partial charge in [0.2, 0.25) is 5.88 Å². The maximum atomic E-state index is 14.1. The van der Waals surface area contributed by atoms with E-state index in [0.29, 0.717) is 11.6 Å². The van der Waals surface area contributed by atoms with Crippen LogP contribution in [0.1, 0.15) is 5.56 Å². The maximum Gasteiger partial charge on any atom is 2.00 e. The first-order chi connectivity index (χ1) is 17.0. The summed E-state index contributed by atoms with van der Waals surface area (Å²) in [6.45, 7) is 2.04. The van der Waals surface area contributed by atoms with Crippen LogP contribution in [0.3, 0.4) is 0 Å². The minimum Gasteiger partial charge on any atom is -0.460 e. The summed E-state index contributed by atoms with van der Waals surface area (Å²) in [6.07, 6.45) is 2.80. The third-order valence-electron chi connectivity index (χ3n) is 5.74. The van der Waals surface area contributed by atoms with E-state index in [9.17, 15) is 8.78 Å². The van der Waals surface area contributed by atoms with Crippen LogP contribution < -0.4 is 4.74 Å². The molecule has 0 amide bonds. The van der Waals surface area contributed by atoms with Crippen LogP contribution in [0.2, 0.25) is 0 Å². The summed E-state index contributed by atoms with van der Waals surface area (Å²) in [4.78, 5) is 8.44. The van der Waals surface area contributed by atoms with E-state index in [-0.39, 0.29) is 32.8 Å². The number of nitrogens with zero attached hydrogens (tertiary/aromatic N) is 3. The molecule has 178 valence electrons. The Labute approximate surface area is 220 Å². The van der Waals surface area contributed by atoms with Gasteiger partial charge in [0.15, 0.2) is 0 Å². The van der Waals surface area contributed by atoms with Crippen molar-refractivity contribution in [2.45, 2.75) is 6.92 Å². The summed E-state index contributed by atoms with van der Waals surface area (Å²) < 4.78 is 35.2. The van der Waals surface area contributed by atoms with Gasteiger partial charge in [0.05, 0.1) is 0 Å². The van der Waals surface area contributed by atoms with Crippen molar-refractivity contribution < 1.29 is 34.6 Å². The van der Waals surface area contributed by atoms with Crippen LogP contribution in [0, 0.1) is 30.7 Å². The van der Waals surface area contributed by atoms with Gasteiger partial charge < -0.3 is 9.30 Å². The normalized spacial score (nSPS) is 11.0. The second-order valence-electron chi connectivity index (χ2n) is 8.17. The average Bonchev–Trinajstić information content (AvgIpc) is 3.17. The molecule has 3 heterocycles. The van der Waals surface area contributed by atoms with Crippen LogP contribution in [0.5, 0.6) is 11.6 Å². The molecule has 0 saturated carbocycles. The smallest absolute Gasteiger partial charge is 0.460 e. The van der Waals surface area contributed by atoms with E-state index >= 15 is 0 Å². The molecule has 0 unspecified atom stereocenters.